The van der Waals surface area contributed by atoms with E-state index >= 15 is 0 Å². The summed E-state index contributed by atoms with van der Waals surface area (Å²) in [6.07, 6.45) is 4.62. The van der Waals surface area contributed by atoms with Gasteiger partial charge in [-0.2, -0.15) is 0 Å². The van der Waals surface area contributed by atoms with Crippen LogP contribution in [0.3, 0.4) is 0 Å². The van der Waals surface area contributed by atoms with Gasteiger partial charge in [0.25, 0.3) is 5.91 Å². The first kappa shape index (κ1) is 18.8. The fraction of sp³-hybridized carbons (Fsp3) is 0.222. The van der Waals surface area contributed by atoms with Gasteiger partial charge in [0.05, 0.1) is 30.1 Å². The number of likely N-dealkylation sites (N-methyl/N-ethyl adjacent to an activating group) is 1. The highest BCUT2D eigenvalue weighted by atomic mass is 35.5. The molecule has 0 radical (unpaired) electrons. The van der Waals surface area contributed by atoms with Crippen LogP contribution in [-0.4, -0.2) is 33.9 Å². The molecule has 140 valence electrons. The maximum absolute atomic E-state index is 14.5. The van der Waals surface area contributed by atoms with Crippen molar-refractivity contribution in [2.24, 2.45) is 0 Å². The average molecular weight is 390 g/mol. The Morgan fingerprint density at radius 3 is 2.81 bits per heavy atom. The van der Waals surface area contributed by atoms with Crippen LogP contribution in [0.5, 0.6) is 0 Å². The number of benzene rings is 1. The van der Waals surface area contributed by atoms with Crippen LogP contribution < -0.4 is 10.6 Å². The van der Waals surface area contributed by atoms with E-state index in [0.717, 1.165) is 0 Å². The van der Waals surface area contributed by atoms with E-state index in [2.05, 4.69) is 20.6 Å². The second kappa shape index (κ2) is 7.71. The number of nitrogens with zero attached hydrogens (tertiary/aromatic N) is 3. The summed E-state index contributed by atoms with van der Waals surface area (Å²) in [4.78, 5) is 34.6. The lowest BCUT2D eigenvalue weighted by Crippen LogP contribution is -2.47. The Kier molecular flexibility index (Phi) is 5.36. The standard InChI is InChI=1S/C18H17ClFN5O2/c1-10-14(17(26)25(2)9-11-8-21-6-7-22-11)16(24-18(27)23-10)15-12(19)4-3-5-13(15)20/h3-8,16H,9H2,1-2H3,(H2,23,24,27)/t16-/m1/s1. The number of aromatic nitrogens is 2. The molecule has 0 saturated carbocycles. The lowest BCUT2D eigenvalue weighted by Gasteiger charge is -2.31. The lowest BCUT2D eigenvalue weighted by atomic mass is 9.94. The third-order valence-electron chi connectivity index (χ3n) is 4.15. The molecule has 2 heterocycles. The molecule has 1 aromatic heterocycles. The van der Waals surface area contributed by atoms with E-state index in [9.17, 15) is 14.0 Å². The van der Waals surface area contributed by atoms with Crippen molar-refractivity contribution in [3.63, 3.8) is 0 Å². The Bertz CT molecular complexity index is 899. The van der Waals surface area contributed by atoms with Crippen LogP contribution >= 0.6 is 11.6 Å². The minimum Gasteiger partial charge on any atom is -0.336 e. The molecule has 1 atom stereocenters. The Morgan fingerprint density at radius 2 is 2.15 bits per heavy atom. The highest BCUT2D eigenvalue weighted by molar-refractivity contribution is 6.31. The number of rotatable bonds is 4. The van der Waals surface area contributed by atoms with Gasteiger partial charge in [-0.05, 0) is 19.1 Å². The summed E-state index contributed by atoms with van der Waals surface area (Å²) in [5.41, 5.74) is 1.18. The zero-order valence-corrected chi connectivity index (χ0v) is 15.4. The molecule has 3 amide bonds. The number of urea groups is 1. The van der Waals surface area contributed by atoms with Crippen LogP contribution in [0.25, 0.3) is 0 Å². The first-order valence-corrected chi connectivity index (χ1v) is 8.49. The molecule has 0 spiro atoms. The lowest BCUT2D eigenvalue weighted by molar-refractivity contribution is -0.126. The van der Waals surface area contributed by atoms with Crippen LogP contribution in [0, 0.1) is 5.82 Å². The Morgan fingerprint density at radius 1 is 1.37 bits per heavy atom. The molecular formula is C18H17ClFN5O2. The van der Waals surface area contributed by atoms with E-state index in [0.29, 0.717) is 11.4 Å². The summed E-state index contributed by atoms with van der Waals surface area (Å²) in [5.74, 6) is -1.00. The van der Waals surface area contributed by atoms with Gasteiger partial charge in [0.15, 0.2) is 0 Å². The molecular weight excluding hydrogens is 373 g/mol. The van der Waals surface area contributed by atoms with Crippen molar-refractivity contribution in [3.8, 4) is 0 Å². The summed E-state index contributed by atoms with van der Waals surface area (Å²) < 4.78 is 14.5. The fourth-order valence-electron chi connectivity index (χ4n) is 2.91. The minimum absolute atomic E-state index is 0.0459. The molecule has 1 aromatic carbocycles. The van der Waals surface area contributed by atoms with E-state index in [1.54, 1.807) is 20.2 Å². The van der Waals surface area contributed by atoms with Crippen LogP contribution in [0.15, 0.2) is 48.1 Å². The van der Waals surface area contributed by atoms with Gasteiger partial charge in [0.1, 0.15) is 5.82 Å². The Labute approximate surface area is 160 Å². The molecule has 7 nitrogen and oxygen atoms in total. The molecule has 0 unspecified atom stereocenters. The molecule has 0 fully saturated rings. The van der Waals surface area contributed by atoms with Gasteiger partial charge >= 0.3 is 6.03 Å². The van der Waals surface area contributed by atoms with Crippen LogP contribution in [-0.2, 0) is 11.3 Å². The third kappa shape index (κ3) is 3.90. The number of amides is 3. The quantitative estimate of drug-likeness (QED) is 0.841. The molecule has 2 aromatic rings. The molecule has 1 aliphatic rings. The second-order valence-corrected chi connectivity index (χ2v) is 6.47. The zero-order valence-electron chi connectivity index (χ0n) is 14.7. The molecule has 27 heavy (non-hydrogen) atoms. The largest absolute Gasteiger partial charge is 0.336 e. The van der Waals surface area contributed by atoms with E-state index < -0.39 is 23.8 Å². The smallest absolute Gasteiger partial charge is 0.319 e. The van der Waals surface area contributed by atoms with Crippen LogP contribution in [0.2, 0.25) is 5.02 Å². The van der Waals surface area contributed by atoms with Gasteiger partial charge in [-0.3, -0.25) is 14.8 Å². The second-order valence-electron chi connectivity index (χ2n) is 6.06. The number of hydrogen-bond acceptors (Lipinski definition) is 4. The van der Waals surface area contributed by atoms with Crippen molar-refractivity contribution < 1.29 is 14.0 Å². The summed E-state index contributed by atoms with van der Waals surface area (Å²) in [6.45, 7) is 1.79. The van der Waals surface area contributed by atoms with Crippen molar-refractivity contribution in [3.05, 3.63) is 70.2 Å². The van der Waals surface area contributed by atoms with Gasteiger partial charge in [-0.1, -0.05) is 17.7 Å². The number of hydrogen-bond donors (Lipinski definition) is 2. The van der Waals surface area contributed by atoms with E-state index in [4.69, 9.17) is 11.6 Å². The highest BCUT2D eigenvalue weighted by Gasteiger charge is 2.35. The van der Waals surface area contributed by atoms with Gasteiger partial charge < -0.3 is 15.5 Å². The van der Waals surface area contributed by atoms with Crippen LogP contribution in [0.4, 0.5) is 9.18 Å². The molecule has 0 aliphatic carbocycles. The fourth-order valence-corrected chi connectivity index (χ4v) is 3.18. The topological polar surface area (TPSA) is 87.2 Å². The van der Waals surface area contributed by atoms with Gasteiger partial charge in [-0.25, -0.2) is 9.18 Å². The average Bonchev–Trinajstić information content (AvgIpc) is 2.61. The van der Waals surface area contributed by atoms with Crippen LogP contribution in [0.1, 0.15) is 24.2 Å². The van der Waals surface area contributed by atoms with E-state index in [-0.39, 0.29) is 22.7 Å². The molecule has 1 aliphatic heterocycles. The number of allylic oxidation sites excluding steroid dienone is 1. The highest BCUT2D eigenvalue weighted by Crippen LogP contribution is 2.34. The Hall–Kier alpha value is -3.00. The summed E-state index contributed by atoms with van der Waals surface area (Å²) in [5, 5.41) is 5.26. The van der Waals surface area contributed by atoms with Crippen molar-refractivity contribution in [2.45, 2.75) is 19.5 Å². The van der Waals surface area contributed by atoms with Gasteiger partial charge in [0, 0.05) is 35.7 Å². The van der Waals surface area contributed by atoms with Gasteiger partial charge in [-0.15, -0.1) is 0 Å². The first-order valence-electron chi connectivity index (χ1n) is 8.11. The SMILES string of the molecule is CC1=C(C(=O)N(C)Cc2cnccn2)[C@H](c2c(F)cccc2Cl)NC(=O)N1. The molecule has 9 heteroatoms. The summed E-state index contributed by atoms with van der Waals surface area (Å²) in [6, 6.07) is 2.65. The molecule has 0 bridgehead atoms. The van der Waals surface area contributed by atoms with Crippen molar-refractivity contribution >= 4 is 23.5 Å². The zero-order chi connectivity index (χ0) is 19.6. The molecule has 2 N–H and O–H groups in total. The number of halogens is 2. The van der Waals surface area contributed by atoms with Gasteiger partial charge in [0.2, 0.25) is 0 Å². The molecule has 3 rings (SSSR count). The number of carbonyl (C=O) groups is 2. The van der Waals surface area contributed by atoms with Crippen molar-refractivity contribution in [2.75, 3.05) is 7.05 Å². The molecule has 0 saturated heterocycles. The normalized spacial score (nSPS) is 16.6. The minimum atomic E-state index is -1.01. The van der Waals surface area contributed by atoms with Crippen molar-refractivity contribution in [1.29, 1.82) is 0 Å². The predicted molar refractivity (Wildman–Crippen MR) is 97.0 cm³/mol. The van der Waals surface area contributed by atoms with E-state index in [1.807, 2.05) is 0 Å². The summed E-state index contributed by atoms with van der Waals surface area (Å²) in [7, 11) is 1.59. The monoisotopic (exact) mass is 389 g/mol. The maximum atomic E-state index is 14.5. The Balaban J connectivity index is 1.98. The predicted octanol–water partition coefficient (Wildman–Crippen LogP) is 2.56. The third-order valence-corrected chi connectivity index (χ3v) is 4.48. The van der Waals surface area contributed by atoms with E-state index in [1.165, 1.54) is 35.5 Å². The van der Waals surface area contributed by atoms with Crippen molar-refractivity contribution in [1.82, 2.24) is 25.5 Å². The maximum Gasteiger partial charge on any atom is 0.319 e. The summed E-state index contributed by atoms with van der Waals surface area (Å²) >= 11 is 6.16. The first-order chi connectivity index (χ1) is 12.9. The number of carbonyl (C=O) groups excluding carboxylic acids is 2. The number of nitrogens with one attached hydrogen (secondary N) is 2.